The van der Waals surface area contributed by atoms with Crippen LogP contribution in [0.3, 0.4) is 0 Å². The molecule has 3 rings (SSSR count). The molecule has 0 unspecified atom stereocenters. The fraction of sp³-hybridized carbons (Fsp3) is 0.600. The molecule has 0 saturated carbocycles. The third-order valence-electron chi connectivity index (χ3n) is 5.68. The van der Waals surface area contributed by atoms with E-state index in [0.29, 0.717) is 13.1 Å². The first kappa shape index (κ1) is 18.7. The average molecular weight is 359 g/mol. The van der Waals surface area contributed by atoms with Crippen molar-refractivity contribution in [1.29, 1.82) is 0 Å². The highest BCUT2D eigenvalue weighted by Gasteiger charge is 2.49. The summed E-state index contributed by atoms with van der Waals surface area (Å²) in [5.41, 5.74) is 1.65. The van der Waals surface area contributed by atoms with Crippen LogP contribution < -0.4 is 5.32 Å². The monoisotopic (exact) mass is 359 g/mol. The number of rotatable bonds is 2. The molecule has 2 saturated heterocycles. The Hall–Kier alpha value is -2.08. The topological polar surface area (TPSA) is 61.9 Å². The van der Waals surface area contributed by atoms with Gasteiger partial charge < -0.3 is 19.9 Å². The smallest absolute Gasteiger partial charge is 0.321 e. The molecule has 0 aliphatic carbocycles. The number of likely N-dealkylation sites (tertiary alicyclic amines) is 1. The minimum atomic E-state index is -0.347. The fourth-order valence-electron chi connectivity index (χ4n) is 4.05. The second-order valence-corrected chi connectivity index (χ2v) is 7.84. The molecule has 0 radical (unpaired) electrons. The summed E-state index contributed by atoms with van der Waals surface area (Å²) >= 11 is 0. The van der Waals surface area contributed by atoms with Crippen LogP contribution in [0.1, 0.15) is 31.7 Å². The van der Waals surface area contributed by atoms with Crippen molar-refractivity contribution in [2.24, 2.45) is 5.92 Å². The number of likely N-dealkylation sites (N-methyl/N-ethyl adjacent to an activating group) is 1. The van der Waals surface area contributed by atoms with Crippen LogP contribution in [0.4, 0.5) is 10.5 Å². The van der Waals surface area contributed by atoms with Crippen molar-refractivity contribution < 1.29 is 14.3 Å². The van der Waals surface area contributed by atoms with Crippen LogP contribution >= 0.6 is 0 Å². The van der Waals surface area contributed by atoms with E-state index >= 15 is 0 Å². The number of urea groups is 1. The predicted octanol–water partition coefficient (Wildman–Crippen LogP) is 2.87. The maximum atomic E-state index is 12.6. The molecule has 2 heterocycles. The molecule has 1 aromatic carbocycles. The van der Waals surface area contributed by atoms with Gasteiger partial charge in [0, 0.05) is 38.8 Å². The van der Waals surface area contributed by atoms with Gasteiger partial charge in [0.05, 0.1) is 5.60 Å². The van der Waals surface area contributed by atoms with Crippen molar-refractivity contribution in [3.63, 3.8) is 0 Å². The van der Waals surface area contributed by atoms with E-state index in [9.17, 15) is 9.59 Å². The van der Waals surface area contributed by atoms with Crippen LogP contribution in [-0.4, -0.2) is 60.6 Å². The van der Waals surface area contributed by atoms with Crippen LogP contribution in [0.5, 0.6) is 0 Å². The summed E-state index contributed by atoms with van der Waals surface area (Å²) in [6.45, 7) is 5.41. The number of hydrogen-bond donors (Lipinski definition) is 1. The summed E-state index contributed by atoms with van der Waals surface area (Å²) in [5.74, 6) is 0.230. The van der Waals surface area contributed by atoms with Crippen molar-refractivity contribution >= 4 is 17.6 Å². The van der Waals surface area contributed by atoms with Crippen LogP contribution in [0.2, 0.25) is 0 Å². The molecule has 2 aliphatic rings. The first-order chi connectivity index (χ1) is 12.3. The fourth-order valence-corrected chi connectivity index (χ4v) is 4.05. The molecule has 1 N–H and O–H groups in total. The summed E-state index contributed by atoms with van der Waals surface area (Å²) < 4.78 is 6.24. The van der Waals surface area contributed by atoms with Crippen molar-refractivity contribution in [2.75, 3.05) is 32.5 Å². The lowest BCUT2D eigenvalue weighted by Crippen LogP contribution is -2.53. The number of nitrogens with one attached hydrogen (secondary N) is 1. The zero-order valence-electron chi connectivity index (χ0n) is 16.1. The van der Waals surface area contributed by atoms with Crippen LogP contribution in [-0.2, 0) is 9.53 Å². The molecule has 2 aliphatic heterocycles. The lowest BCUT2D eigenvalue weighted by atomic mass is 9.80. The minimum absolute atomic E-state index is 0.0358. The third-order valence-corrected chi connectivity index (χ3v) is 5.68. The van der Waals surface area contributed by atoms with Crippen molar-refractivity contribution in [3.05, 3.63) is 29.8 Å². The summed E-state index contributed by atoms with van der Waals surface area (Å²) in [6, 6.07) is 7.73. The highest BCUT2D eigenvalue weighted by atomic mass is 16.5. The van der Waals surface area contributed by atoms with Gasteiger partial charge in [0.1, 0.15) is 6.10 Å². The zero-order valence-corrected chi connectivity index (χ0v) is 16.1. The van der Waals surface area contributed by atoms with E-state index in [2.05, 4.69) is 12.2 Å². The van der Waals surface area contributed by atoms with Crippen molar-refractivity contribution in [3.8, 4) is 0 Å². The maximum absolute atomic E-state index is 12.6. The lowest BCUT2D eigenvalue weighted by molar-refractivity contribution is -0.153. The molecule has 6 heteroatoms. The largest absolute Gasteiger partial charge is 0.362 e. The minimum Gasteiger partial charge on any atom is -0.362 e. The summed E-state index contributed by atoms with van der Waals surface area (Å²) in [5, 5.41) is 2.98. The first-order valence-electron chi connectivity index (χ1n) is 9.32. The molecule has 2 fully saturated rings. The number of benzene rings is 1. The van der Waals surface area contributed by atoms with Gasteiger partial charge in [-0.15, -0.1) is 0 Å². The molecule has 1 aromatic rings. The zero-order chi connectivity index (χ0) is 18.9. The van der Waals surface area contributed by atoms with Gasteiger partial charge in [-0.1, -0.05) is 19.1 Å². The molecule has 3 amide bonds. The molecule has 1 spiro atoms. The van der Waals surface area contributed by atoms with Gasteiger partial charge in [0.2, 0.25) is 0 Å². The maximum Gasteiger partial charge on any atom is 0.321 e. The number of amides is 3. The lowest BCUT2D eigenvalue weighted by Gasteiger charge is -2.44. The van der Waals surface area contributed by atoms with Gasteiger partial charge in [0.25, 0.3) is 5.91 Å². The molecule has 142 valence electrons. The number of piperidine rings is 1. The molecule has 26 heavy (non-hydrogen) atoms. The van der Waals surface area contributed by atoms with E-state index in [1.54, 1.807) is 19.0 Å². The van der Waals surface area contributed by atoms with Crippen LogP contribution in [0.25, 0.3) is 0 Å². The number of carbonyl (C=O) groups is 2. The second kappa shape index (κ2) is 7.27. The number of ether oxygens (including phenoxy) is 1. The van der Waals surface area contributed by atoms with Crippen LogP contribution in [0.15, 0.2) is 24.3 Å². The number of carbonyl (C=O) groups excluding carboxylic acids is 2. The van der Waals surface area contributed by atoms with Gasteiger partial charge in [0.15, 0.2) is 0 Å². The Morgan fingerprint density at radius 2 is 2.08 bits per heavy atom. The Kier molecular flexibility index (Phi) is 5.23. The number of hydrogen-bond acceptors (Lipinski definition) is 3. The predicted molar refractivity (Wildman–Crippen MR) is 101 cm³/mol. The second-order valence-electron chi connectivity index (χ2n) is 7.84. The highest BCUT2D eigenvalue weighted by molar-refractivity contribution is 5.89. The summed E-state index contributed by atoms with van der Waals surface area (Å²) in [6.07, 6.45) is 2.06. The van der Waals surface area contributed by atoms with Gasteiger partial charge in [-0.3, -0.25) is 4.79 Å². The van der Waals surface area contributed by atoms with Crippen molar-refractivity contribution in [1.82, 2.24) is 9.80 Å². The van der Waals surface area contributed by atoms with Gasteiger partial charge >= 0.3 is 6.03 Å². The van der Waals surface area contributed by atoms with Gasteiger partial charge in [-0.2, -0.15) is 0 Å². The number of anilines is 1. The van der Waals surface area contributed by atoms with E-state index in [0.717, 1.165) is 30.5 Å². The summed E-state index contributed by atoms with van der Waals surface area (Å²) in [7, 11) is 3.52. The number of nitrogens with zero attached hydrogens (tertiary/aromatic N) is 2. The SMILES string of the molecule is Cc1cccc(NC(=O)N2CC[C@]3(CC[C@H](C(=O)N(C)C)O3)[C@H](C)C2)c1. The van der Waals surface area contributed by atoms with Gasteiger partial charge in [-0.25, -0.2) is 4.79 Å². The van der Waals surface area contributed by atoms with Crippen LogP contribution in [0, 0.1) is 12.8 Å². The van der Waals surface area contributed by atoms with Crippen molar-refractivity contribution in [2.45, 2.75) is 44.8 Å². The molecule has 3 atom stereocenters. The Morgan fingerprint density at radius 3 is 2.73 bits per heavy atom. The molecular formula is C20H29N3O3. The van der Waals surface area contributed by atoms with E-state index in [-0.39, 0.29) is 29.6 Å². The standard InChI is InChI=1S/C20H29N3O3/c1-14-6-5-7-16(12-14)21-19(25)23-11-10-20(15(2)13-23)9-8-17(26-20)18(24)22(3)4/h5-7,12,15,17H,8-11,13H2,1-4H3,(H,21,25)/t15-,17-,20-/m1/s1. The third kappa shape index (κ3) is 3.70. The Bertz CT molecular complexity index is 691. The molecular weight excluding hydrogens is 330 g/mol. The Labute approximate surface area is 155 Å². The highest BCUT2D eigenvalue weighted by Crippen LogP contribution is 2.42. The average Bonchev–Trinajstić information content (AvgIpc) is 3.02. The molecule has 6 nitrogen and oxygen atoms in total. The van der Waals surface area contributed by atoms with E-state index in [1.165, 1.54) is 0 Å². The normalized spacial score (nSPS) is 28.2. The summed E-state index contributed by atoms with van der Waals surface area (Å²) in [4.78, 5) is 28.3. The van der Waals surface area contributed by atoms with E-state index < -0.39 is 0 Å². The molecule has 0 aromatic heterocycles. The first-order valence-corrected chi connectivity index (χ1v) is 9.32. The Morgan fingerprint density at radius 1 is 1.31 bits per heavy atom. The van der Waals surface area contributed by atoms with Gasteiger partial charge in [-0.05, 0) is 43.9 Å². The number of aryl methyl sites for hydroxylation is 1. The Balaban J connectivity index is 1.60. The van der Waals surface area contributed by atoms with E-state index in [4.69, 9.17) is 4.74 Å². The quantitative estimate of drug-likeness (QED) is 0.883. The van der Waals surface area contributed by atoms with E-state index in [1.807, 2.05) is 36.1 Å². The molecule has 0 bridgehead atoms.